The summed E-state index contributed by atoms with van der Waals surface area (Å²) in [5.41, 5.74) is 0. The quantitative estimate of drug-likeness (QED) is 0.313. The van der Waals surface area contributed by atoms with Gasteiger partial charge in [-0.2, -0.15) is 0 Å². The van der Waals surface area contributed by atoms with Crippen LogP contribution in [0.25, 0.3) is 0 Å². The van der Waals surface area contributed by atoms with Crippen LogP contribution >= 0.6 is 0 Å². The maximum absolute atomic E-state index is 3.15. The van der Waals surface area contributed by atoms with Gasteiger partial charge in [-0.1, -0.05) is 13.3 Å². The third-order valence-corrected chi connectivity index (χ3v) is 1.07. The molecule has 0 N–H and O–H groups in total. The van der Waals surface area contributed by atoms with Crippen LogP contribution < -0.4 is 17.0 Å². The van der Waals surface area contributed by atoms with E-state index in [1.165, 1.54) is 12.8 Å². The molecule has 2 heteroatoms. The van der Waals surface area contributed by atoms with Crippen LogP contribution in [0.1, 0.15) is 26.2 Å². The molecule has 0 aromatic carbocycles. The molecule has 0 aliphatic rings. The Bertz CT molecular complexity index is 136. The van der Waals surface area contributed by atoms with Crippen LogP contribution in [0, 0.1) is 12.0 Å². The summed E-state index contributed by atoms with van der Waals surface area (Å²) in [6.45, 7) is 2.19. The van der Waals surface area contributed by atoms with Crippen molar-refractivity contribution in [2.24, 2.45) is 0 Å². The molecule has 0 bridgehead atoms. The molecule has 0 aliphatic heterocycles. The maximum atomic E-state index is 3.15. The van der Waals surface area contributed by atoms with Gasteiger partial charge >= 0.3 is 0 Å². The minimum absolute atomic E-state index is 0. The molecule has 0 amide bonds. The lowest BCUT2D eigenvalue weighted by molar-refractivity contribution is -0.800. The minimum Gasteiger partial charge on any atom is -1.00 e. The van der Waals surface area contributed by atoms with E-state index in [-0.39, 0.29) is 17.0 Å². The lowest BCUT2D eigenvalue weighted by Crippen LogP contribution is -3.00. The van der Waals surface area contributed by atoms with Crippen LogP contribution in [0.2, 0.25) is 0 Å². The summed E-state index contributed by atoms with van der Waals surface area (Å²) >= 11 is 0. The summed E-state index contributed by atoms with van der Waals surface area (Å²) in [6, 6.07) is 3.14. The highest BCUT2D eigenvalue weighted by Crippen LogP contribution is 1.92. The molecule has 0 radical (unpaired) electrons. The van der Waals surface area contributed by atoms with Gasteiger partial charge in [0.2, 0.25) is 0 Å². The van der Waals surface area contributed by atoms with Crippen molar-refractivity contribution in [2.45, 2.75) is 26.2 Å². The van der Waals surface area contributed by atoms with Crippen molar-refractivity contribution in [3.8, 4) is 12.0 Å². The van der Waals surface area contributed by atoms with E-state index >= 15 is 0 Å². The molecular weight excluding hydrogens is 202 g/mol. The number of halogens is 1. The Morgan fingerprint density at radius 1 is 1.18 bits per heavy atom. The molecule has 0 heterocycles. The Morgan fingerprint density at radius 2 is 1.73 bits per heavy atom. The highest BCUT2D eigenvalue weighted by Gasteiger charge is 1.98. The Kier molecular flexibility index (Phi) is 8.26. The van der Waals surface area contributed by atoms with Crippen molar-refractivity contribution in [3.05, 3.63) is 0 Å². The van der Waals surface area contributed by atoms with E-state index in [2.05, 4.69) is 40.0 Å². The SMILES string of the molecule is CCCCC#C[N+](C)(C)C.[Br-]. The largest absolute Gasteiger partial charge is 1.00 e. The summed E-state index contributed by atoms with van der Waals surface area (Å²) in [6.07, 6.45) is 3.52. The zero-order chi connectivity index (χ0) is 8.04. The number of quaternary nitrogens is 1. The van der Waals surface area contributed by atoms with Gasteiger partial charge in [-0.05, 0) is 12.3 Å². The Labute approximate surface area is 81.1 Å². The fourth-order valence-electron chi connectivity index (χ4n) is 0.558. The Balaban J connectivity index is 0. The first-order valence-corrected chi connectivity index (χ1v) is 3.88. The zero-order valence-electron chi connectivity index (χ0n) is 7.95. The molecular formula is C9H18BrN. The first kappa shape index (κ1) is 13.6. The van der Waals surface area contributed by atoms with Crippen LogP contribution in [0.15, 0.2) is 0 Å². The number of hydrogen-bond acceptors (Lipinski definition) is 0. The second-order valence-electron chi connectivity index (χ2n) is 3.40. The summed E-state index contributed by atoms with van der Waals surface area (Å²) in [7, 11) is 6.25. The van der Waals surface area contributed by atoms with Gasteiger partial charge in [-0.25, -0.2) is 0 Å². The minimum atomic E-state index is 0. The normalized spacial score (nSPS) is 9.45. The molecule has 0 aliphatic carbocycles. The van der Waals surface area contributed by atoms with Crippen molar-refractivity contribution in [2.75, 3.05) is 21.1 Å². The van der Waals surface area contributed by atoms with E-state index in [0.29, 0.717) is 0 Å². The van der Waals surface area contributed by atoms with Crippen molar-refractivity contribution < 1.29 is 21.5 Å². The first-order chi connectivity index (χ1) is 4.56. The van der Waals surface area contributed by atoms with Crippen LogP contribution in [0.5, 0.6) is 0 Å². The van der Waals surface area contributed by atoms with E-state index in [4.69, 9.17) is 0 Å². The number of nitrogens with zero attached hydrogens (tertiary/aromatic N) is 1. The van der Waals surface area contributed by atoms with Crippen molar-refractivity contribution >= 4 is 0 Å². The predicted octanol–water partition coefficient (Wildman–Crippen LogP) is -1.15. The smallest absolute Gasteiger partial charge is 0.136 e. The Hall–Kier alpha value is 0. The van der Waals surface area contributed by atoms with Crippen molar-refractivity contribution in [1.29, 1.82) is 0 Å². The van der Waals surface area contributed by atoms with E-state index in [9.17, 15) is 0 Å². The first-order valence-electron chi connectivity index (χ1n) is 3.88. The number of hydrogen-bond donors (Lipinski definition) is 0. The molecule has 0 unspecified atom stereocenters. The molecule has 0 spiro atoms. The standard InChI is InChI=1S/C9H18N.BrH/c1-5-6-7-8-9-10(2,3)4;/h5-7H2,1-4H3;1H/q+1;/p-1. The van der Waals surface area contributed by atoms with E-state index in [1.54, 1.807) is 0 Å². The fraction of sp³-hybridized carbons (Fsp3) is 0.778. The average Bonchev–Trinajstić information content (AvgIpc) is 1.78. The number of rotatable bonds is 2. The molecule has 66 valence electrons. The third-order valence-electron chi connectivity index (χ3n) is 1.07. The second-order valence-corrected chi connectivity index (χ2v) is 3.40. The van der Waals surface area contributed by atoms with Gasteiger partial charge in [-0.3, -0.25) is 4.48 Å². The topological polar surface area (TPSA) is 0 Å². The molecule has 0 aromatic heterocycles. The maximum Gasteiger partial charge on any atom is 0.136 e. The van der Waals surface area contributed by atoms with E-state index in [0.717, 1.165) is 10.9 Å². The summed E-state index contributed by atoms with van der Waals surface area (Å²) in [4.78, 5) is 0. The Morgan fingerprint density at radius 3 is 2.09 bits per heavy atom. The summed E-state index contributed by atoms with van der Waals surface area (Å²) in [5.74, 6) is 3.15. The fourth-order valence-corrected chi connectivity index (χ4v) is 0.558. The van der Waals surface area contributed by atoms with Gasteiger partial charge in [0.05, 0.1) is 21.1 Å². The molecule has 0 saturated carbocycles. The lowest BCUT2D eigenvalue weighted by Gasteiger charge is -2.12. The van der Waals surface area contributed by atoms with E-state index in [1.807, 2.05) is 0 Å². The van der Waals surface area contributed by atoms with Crippen molar-refractivity contribution in [3.63, 3.8) is 0 Å². The second kappa shape index (κ2) is 6.69. The third kappa shape index (κ3) is 13.1. The highest BCUT2D eigenvalue weighted by molar-refractivity contribution is 4.90. The van der Waals surface area contributed by atoms with Crippen LogP contribution in [0.4, 0.5) is 0 Å². The molecule has 1 nitrogen and oxygen atoms in total. The predicted molar refractivity (Wildman–Crippen MR) is 45.3 cm³/mol. The van der Waals surface area contributed by atoms with Crippen LogP contribution in [-0.4, -0.2) is 25.6 Å². The van der Waals surface area contributed by atoms with Gasteiger partial charge < -0.3 is 17.0 Å². The average molecular weight is 220 g/mol. The summed E-state index contributed by atoms with van der Waals surface area (Å²) < 4.78 is 0.754. The summed E-state index contributed by atoms with van der Waals surface area (Å²) in [5, 5.41) is 0. The highest BCUT2D eigenvalue weighted by atomic mass is 79.9. The lowest BCUT2D eigenvalue weighted by atomic mass is 10.3. The zero-order valence-corrected chi connectivity index (χ0v) is 9.53. The monoisotopic (exact) mass is 219 g/mol. The van der Waals surface area contributed by atoms with Gasteiger partial charge in [0.15, 0.2) is 0 Å². The molecule has 0 saturated heterocycles. The van der Waals surface area contributed by atoms with Crippen LogP contribution in [0.3, 0.4) is 0 Å². The van der Waals surface area contributed by atoms with Crippen LogP contribution in [-0.2, 0) is 0 Å². The van der Waals surface area contributed by atoms with Gasteiger partial charge in [-0.15, -0.1) is 0 Å². The molecule has 0 fully saturated rings. The van der Waals surface area contributed by atoms with Gasteiger partial charge in [0.1, 0.15) is 6.04 Å². The molecule has 11 heavy (non-hydrogen) atoms. The van der Waals surface area contributed by atoms with Crippen molar-refractivity contribution in [1.82, 2.24) is 0 Å². The van der Waals surface area contributed by atoms with E-state index < -0.39 is 0 Å². The van der Waals surface area contributed by atoms with Gasteiger partial charge in [0.25, 0.3) is 0 Å². The molecule has 0 atom stereocenters. The number of unbranched alkanes of at least 4 members (excludes halogenated alkanes) is 2. The van der Waals surface area contributed by atoms with Gasteiger partial charge in [0, 0.05) is 6.42 Å². The molecule has 0 aromatic rings. The molecule has 0 rings (SSSR count).